The first-order chi connectivity index (χ1) is 17.5. The van der Waals surface area contributed by atoms with Gasteiger partial charge in [-0.15, -0.1) is 0 Å². The molecule has 0 saturated carbocycles. The van der Waals surface area contributed by atoms with Crippen LogP contribution >= 0.6 is 15.9 Å². The Balaban J connectivity index is 1.73. The molecule has 11 heteroatoms. The summed E-state index contributed by atoms with van der Waals surface area (Å²) in [6.07, 6.45) is 2.25. The fraction of sp³-hybridized carbons (Fsp3) is 0.462. The van der Waals surface area contributed by atoms with Gasteiger partial charge in [0.1, 0.15) is 6.04 Å². The van der Waals surface area contributed by atoms with Gasteiger partial charge in [-0.25, -0.2) is 8.42 Å². The number of nitrogens with one attached hydrogen (secondary N) is 1. The van der Waals surface area contributed by atoms with Crippen molar-refractivity contribution in [1.29, 1.82) is 0 Å². The van der Waals surface area contributed by atoms with Crippen LogP contribution in [0.15, 0.2) is 46.9 Å². The van der Waals surface area contributed by atoms with Crippen molar-refractivity contribution in [3.63, 3.8) is 0 Å². The summed E-state index contributed by atoms with van der Waals surface area (Å²) in [5.74, 6) is 0.575. The number of sulfonamides is 1. The highest BCUT2D eigenvalue weighted by Crippen LogP contribution is 2.36. The predicted molar refractivity (Wildman–Crippen MR) is 146 cm³/mol. The second-order valence-electron chi connectivity index (χ2n) is 9.12. The maximum Gasteiger partial charge on any atom is 0.242 e. The van der Waals surface area contributed by atoms with Crippen molar-refractivity contribution in [1.82, 2.24) is 10.2 Å². The molecule has 0 spiro atoms. The first-order valence-electron chi connectivity index (χ1n) is 12.2. The minimum Gasteiger partial charge on any atom is -0.454 e. The predicted octanol–water partition coefficient (Wildman–Crippen LogP) is 4.06. The SMILES string of the molecule is CCC(C)NC(=O)C(C)N(Cc1cccc(Br)c1)C(=O)CCCN(c1ccc2c(c1)OCO2)S(C)(=O)=O. The van der Waals surface area contributed by atoms with E-state index in [2.05, 4.69) is 21.2 Å². The zero-order valence-corrected chi connectivity index (χ0v) is 24.0. The molecule has 2 aromatic rings. The summed E-state index contributed by atoms with van der Waals surface area (Å²) < 4.78 is 37.9. The normalized spacial score (nSPS) is 14.1. The van der Waals surface area contributed by atoms with E-state index in [1.807, 2.05) is 38.1 Å². The van der Waals surface area contributed by atoms with Crippen LogP contribution in [-0.2, 0) is 26.2 Å². The maximum absolute atomic E-state index is 13.4. The van der Waals surface area contributed by atoms with Crippen LogP contribution in [-0.4, -0.2) is 56.8 Å². The highest BCUT2D eigenvalue weighted by molar-refractivity contribution is 9.10. The Labute approximate surface area is 227 Å². The molecule has 1 aliphatic rings. The number of carbonyl (C=O) groups excluding carboxylic acids is 2. The average molecular weight is 597 g/mol. The molecule has 0 aliphatic carbocycles. The molecule has 2 aromatic carbocycles. The Morgan fingerprint density at radius 1 is 1.11 bits per heavy atom. The summed E-state index contributed by atoms with van der Waals surface area (Å²) in [5.41, 5.74) is 1.32. The lowest BCUT2D eigenvalue weighted by Crippen LogP contribution is -2.49. The number of rotatable bonds is 12. The summed E-state index contributed by atoms with van der Waals surface area (Å²) in [7, 11) is -3.61. The minimum atomic E-state index is -3.61. The smallest absolute Gasteiger partial charge is 0.242 e. The van der Waals surface area contributed by atoms with Gasteiger partial charge in [-0.2, -0.15) is 0 Å². The van der Waals surface area contributed by atoms with Crippen molar-refractivity contribution in [2.75, 3.05) is 23.9 Å². The Hall–Kier alpha value is -2.79. The zero-order valence-electron chi connectivity index (χ0n) is 21.6. The Morgan fingerprint density at radius 3 is 2.51 bits per heavy atom. The van der Waals surface area contributed by atoms with Gasteiger partial charge < -0.3 is 19.7 Å². The van der Waals surface area contributed by atoms with Gasteiger partial charge in [-0.1, -0.05) is 35.0 Å². The number of halogens is 1. The van der Waals surface area contributed by atoms with E-state index >= 15 is 0 Å². The standard InChI is InChI=1S/C26H34BrN3O6S/c1-5-18(2)28-26(32)19(3)29(16-20-8-6-9-21(27)14-20)25(31)10-7-13-30(37(4,33)34)22-11-12-23-24(15-22)36-17-35-23/h6,8-9,11-12,14-15,18-19H,5,7,10,13,16-17H2,1-4H3,(H,28,32). The van der Waals surface area contributed by atoms with E-state index in [1.165, 1.54) is 4.31 Å². The number of anilines is 1. The Kier molecular flexibility index (Phi) is 9.83. The first-order valence-corrected chi connectivity index (χ1v) is 14.9. The van der Waals surface area contributed by atoms with Crippen molar-refractivity contribution >= 4 is 43.5 Å². The molecule has 1 aliphatic heterocycles. The van der Waals surface area contributed by atoms with E-state index in [0.717, 1.165) is 22.7 Å². The summed E-state index contributed by atoms with van der Waals surface area (Å²) in [5, 5.41) is 2.95. The molecule has 1 heterocycles. The van der Waals surface area contributed by atoms with Crippen LogP contribution in [0.1, 0.15) is 45.6 Å². The van der Waals surface area contributed by atoms with Crippen LogP contribution in [0.25, 0.3) is 0 Å². The number of hydrogen-bond donors (Lipinski definition) is 1. The highest BCUT2D eigenvalue weighted by Gasteiger charge is 2.27. The van der Waals surface area contributed by atoms with Crippen molar-refractivity contribution in [3.8, 4) is 11.5 Å². The fourth-order valence-corrected chi connectivity index (χ4v) is 5.33. The average Bonchev–Trinajstić information content (AvgIpc) is 3.31. The quantitative estimate of drug-likeness (QED) is 0.397. The van der Waals surface area contributed by atoms with E-state index in [4.69, 9.17) is 9.47 Å². The van der Waals surface area contributed by atoms with Crippen molar-refractivity contribution in [3.05, 3.63) is 52.5 Å². The number of benzene rings is 2. The molecular weight excluding hydrogens is 562 g/mol. The van der Waals surface area contributed by atoms with Gasteiger partial charge in [-0.05, 0) is 56.5 Å². The molecule has 0 aromatic heterocycles. The van der Waals surface area contributed by atoms with Crippen molar-refractivity contribution < 1.29 is 27.5 Å². The molecule has 3 rings (SSSR count). The van der Waals surface area contributed by atoms with E-state index < -0.39 is 16.1 Å². The number of hydrogen-bond acceptors (Lipinski definition) is 6. The molecular formula is C26H34BrN3O6S. The molecule has 2 atom stereocenters. The van der Waals surface area contributed by atoms with Gasteiger partial charge in [0.2, 0.25) is 28.6 Å². The molecule has 0 bridgehead atoms. The van der Waals surface area contributed by atoms with Gasteiger partial charge in [0.25, 0.3) is 0 Å². The second-order valence-corrected chi connectivity index (χ2v) is 11.9. The zero-order chi connectivity index (χ0) is 27.2. The van der Waals surface area contributed by atoms with Crippen molar-refractivity contribution in [2.24, 2.45) is 0 Å². The number of fused-ring (bicyclic) bond motifs is 1. The number of carbonyl (C=O) groups is 2. The van der Waals surface area contributed by atoms with Gasteiger partial charge in [0, 0.05) is 36.1 Å². The summed E-state index contributed by atoms with van der Waals surface area (Å²) in [6.45, 7) is 6.05. The Bertz CT molecular complexity index is 1220. The van der Waals surface area contributed by atoms with Gasteiger partial charge in [0.15, 0.2) is 11.5 Å². The van der Waals surface area contributed by atoms with Crippen LogP contribution < -0.4 is 19.1 Å². The van der Waals surface area contributed by atoms with E-state index in [1.54, 1.807) is 30.0 Å². The third-order valence-electron chi connectivity index (χ3n) is 6.21. The largest absolute Gasteiger partial charge is 0.454 e. The number of nitrogens with zero attached hydrogens (tertiary/aromatic N) is 2. The number of ether oxygens (including phenoxy) is 2. The van der Waals surface area contributed by atoms with Crippen molar-refractivity contribution in [2.45, 2.75) is 58.7 Å². The monoisotopic (exact) mass is 595 g/mol. The first kappa shape index (κ1) is 28.8. The van der Waals surface area contributed by atoms with Crippen LogP contribution in [0, 0.1) is 0 Å². The molecule has 0 fully saturated rings. The van der Waals surface area contributed by atoms with Gasteiger partial charge >= 0.3 is 0 Å². The van der Waals surface area contributed by atoms with E-state index in [-0.39, 0.29) is 50.6 Å². The lowest BCUT2D eigenvalue weighted by Gasteiger charge is -2.30. The second kappa shape index (κ2) is 12.6. The molecule has 37 heavy (non-hydrogen) atoms. The van der Waals surface area contributed by atoms with Gasteiger partial charge in [0.05, 0.1) is 11.9 Å². The molecule has 0 radical (unpaired) electrons. The summed E-state index contributed by atoms with van der Waals surface area (Å²) in [6, 6.07) is 11.8. The van der Waals surface area contributed by atoms with Gasteiger partial charge in [-0.3, -0.25) is 13.9 Å². The molecule has 9 nitrogen and oxygen atoms in total. The molecule has 2 amide bonds. The van der Waals surface area contributed by atoms with Crippen LogP contribution in [0.3, 0.4) is 0 Å². The molecule has 202 valence electrons. The van der Waals surface area contributed by atoms with Crippen LogP contribution in [0.2, 0.25) is 0 Å². The van der Waals surface area contributed by atoms with E-state index in [9.17, 15) is 18.0 Å². The number of amides is 2. The lowest BCUT2D eigenvalue weighted by molar-refractivity contribution is -0.140. The third kappa shape index (κ3) is 7.85. The summed E-state index contributed by atoms with van der Waals surface area (Å²) in [4.78, 5) is 27.8. The van der Waals surface area contributed by atoms with Crippen LogP contribution in [0.4, 0.5) is 5.69 Å². The lowest BCUT2D eigenvalue weighted by atomic mass is 10.1. The molecule has 0 saturated heterocycles. The fourth-order valence-electron chi connectivity index (χ4n) is 3.92. The summed E-state index contributed by atoms with van der Waals surface area (Å²) >= 11 is 3.45. The van der Waals surface area contributed by atoms with Crippen LogP contribution in [0.5, 0.6) is 11.5 Å². The topological polar surface area (TPSA) is 105 Å². The highest BCUT2D eigenvalue weighted by atomic mass is 79.9. The molecule has 2 unspecified atom stereocenters. The van der Waals surface area contributed by atoms with E-state index in [0.29, 0.717) is 17.2 Å². The third-order valence-corrected chi connectivity index (χ3v) is 7.89. The molecule has 1 N–H and O–H groups in total. The Morgan fingerprint density at radius 2 is 1.84 bits per heavy atom. The minimum absolute atomic E-state index is 0.0113. The maximum atomic E-state index is 13.4.